The number of hydrogen-bond acceptors (Lipinski definition) is 8. The number of phenols is 1. The lowest BCUT2D eigenvalue weighted by Gasteiger charge is -2.31. The summed E-state index contributed by atoms with van der Waals surface area (Å²) in [4.78, 5) is 34.0. The maximum atomic E-state index is 15.0. The second-order valence-electron chi connectivity index (χ2n) is 12.3. The minimum absolute atomic E-state index is 0.0220. The van der Waals surface area contributed by atoms with Gasteiger partial charge in [-0.1, -0.05) is 13.0 Å². The molecule has 2 aromatic carbocycles. The van der Waals surface area contributed by atoms with Gasteiger partial charge in [-0.25, -0.2) is 13.8 Å². The monoisotopic (exact) mass is 601 g/mol. The van der Waals surface area contributed by atoms with E-state index < -0.39 is 6.17 Å². The molecule has 2 atom stereocenters. The van der Waals surface area contributed by atoms with E-state index in [4.69, 9.17) is 14.7 Å². The maximum absolute atomic E-state index is 15.0. The Kier molecular flexibility index (Phi) is 6.26. The fourth-order valence-corrected chi connectivity index (χ4v) is 7.69. The first kappa shape index (κ1) is 27.2. The number of nitrogens with zero attached hydrogens (tertiary/aromatic N) is 7. The third kappa shape index (κ3) is 4.21. The summed E-state index contributed by atoms with van der Waals surface area (Å²) in [6, 6.07) is 6.23. The zero-order chi connectivity index (χ0) is 30.2. The van der Waals surface area contributed by atoms with E-state index in [-0.39, 0.29) is 42.2 Å². The Morgan fingerprint density at radius 2 is 2.05 bits per heavy atom. The summed E-state index contributed by atoms with van der Waals surface area (Å²) in [6.07, 6.45) is 5.50. The summed E-state index contributed by atoms with van der Waals surface area (Å²) in [7, 11) is 0. The average Bonchev–Trinajstić information content (AvgIpc) is 3.77. The number of carbonyl (C=O) groups is 1. The second-order valence-corrected chi connectivity index (χ2v) is 12.3. The average molecular weight is 602 g/mol. The number of ether oxygens (including phenoxy) is 1. The van der Waals surface area contributed by atoms with E-state index in [1.54, 1.807) is 23.2 Å². The van der Waals surface area contributed by atoms with Crippen LogP contribution in [0.15, 0.2) is 36.7 Å². The molecule has 0 spiro atoms. The summed E-state index contributed by atoms with van der Waals surface area (Å²) in [5, 5.41) is 11.8. The molecular weight excluding hydrogens is 568 g/mol. The molecule has 4 aromatic rings. The van der Waals surface area contributed by atoms with Crippen LogP contribution in [0.4, 0.5) is 20.3 Å². The van der Waals surface area contributed by atoms with Gasteiger partial charge in [-0.3, -0.25) is 9.69 Å². The smallest absolute Gasteiger partial charge is 0.318 e. The number of benzene rings is 2. The van der Waals surface area contributed by atoms with Crippen molar-refractivity contribution in [3.63, 3.8) is 0 Å². The van der Waals surface area contributed by atoms with Crippen LogP contribution in [-0.2, 0) is 26.1 Å². The molecule has 0 aliphatic carbocycles. The Hall–Kier alpha value is -4.32. The van der Waals surface area contributed by atoms with Gasteiger partial charge in [0.25, 0.3) is 5.91 Å². The van der Waals surface area contributed by atoms with E-state index in [0.29, 0.717) is 78.1 Å². The van der Waals surface area contributed by atoms with E-state index in [1.165, 1.54) is 12.1 Å². The third-order valence-corrected chi connectivity index (χ3v) is 9.76. The largest absolute Gasteiger partial charge is 0.508 e. The van der Waals surface area contributed by atoms with Crippen LogP contribution >= 0.6 is 0 Å². The van der Waals surface area contributed by atoms with E-state index in [1.807, 2.05) is 18.0 Å². The molecule has 4 aliphatic heterocycles. The number of alkyl halides is 1. The summed E-state index contributed by atoms with van der Waals surface area (Å²) >= 11 is 0. The number of imidazole rings is 1. The highest BCUT2D eigenvalue weighted by Gasteiger charge is 2.49. The van der Waals surface area contributed by atoms with Gasteiger partial charge in [0.05, 0.1) is 30.0 Å². The van der Waals surface area contributed by atoms with Crippen molar-refractivity contribution >= 4 is 28.2 Å². The first-order valence-electron chi connectivity index (χ1n) is 15.3. The molecule has 6 heterocycles. The number of phenolic OH excluding ortho intramolecular Hbond substituents is 1. The zero-order valence-corrected chi connectivity index (χ0v) is 24.5. The van der Waals surface area contributed by atoms with Crippen molar-refractivity contribution in [3.05, 3.63) is 65.1 Å². The molecule has 1 N–H and O–H groups in total. The van der Waals surface area contributed by atoms with Gasteiger partial charge in [0.15, 0.2) is 0 Å². The highest BCUT2D eigenvalue weighted by atomic mass is 19.1. The number of carbonyl (C=O) groups excluding carboxylic acids is 1. The maximum Gasteiger partial charge on any atom is 0.318 e. The van der Waals surface area contributed by atoms with E-state index in [0.717, 1.165) is 25.2 Å². The summed E-state index contributed by atoms with van der Waals surface area (Å²) in [5.41, 5.74) is 1.37. The van der Waals surface area contributed by atoms with Gasteiger partial charge in [-0.15, -0.1) is 0 Å². The number of rotatable bonds is 6. The first-order valence-corrected chi connectivity index (χ1v) is 15.3. The SMILES string of the molecule is CCc1c(F)ccc2cc(O)cc(N3Cc4nc(OC[C@@]56CCCN5C[C@H](F)C6)nc(N5CCn6ccnc6C5)c4C3=O)c12. The van der Waals surface area contributed by atoms with Crippen molar-refractivity contribution in [2.45, 2.75) is 64.0 Å². The fraction of sp³-hybridized carbons (Fsp3) is 0.438. The molecule has 0 radical (unpaired) electrons. The number of halogens is 2. The number of aryl methyl sites for hydroxylation is 1. The molecule has 1 amide bonds. The third-order valence-electron chi connectivity index (χ3n) is 9.76. The van der Waals surface area contributed by atoms with Crippen molar-refractivity contribution in [1.29, 1.82) is 0 Å². The molecule has 2 aromatic heterocycles. The molecule has 0 saturated carbocycles. The van der Waals surface area contributed by atoms with Crippen molar-refractivity contribution in [3.8, 4) is 11.8 Å². The van der Waals surface area contributed by atoms with Crippen LogP contribution in [0.3, 0.4) is 0 Å². The normalized spacial score (nSPS) is 23.0. The van der Waals surface area contributed by atoms with Crippen molar-refractivity contribution < 1.29 is 23.4 Å². The fourth-order valence-electron chi connectivity index (χ4n) is 7.69. The van der Waals surface area contributed by atoms with Crippen LogP contribution in [-0.4, -0.2) is 73.4 Å². The standard InChI is InChI=1S/C32H33F2N7O3/c1-2-22-23(34)5-4-19-12-21(42)13-25(27(19)22)41-16-24-28(30(41)43)29(39-11-10-38-9-7-35-26(38)17-39)37-31(36-24)44-18-32-6-3-8-40(32)15-20(33)14-32/h4-5,7,9,12-13,20,42H,2-3,6,8,10-11,14-18H2,1H3/t20-,32+/m1/s1. The Labute approximate surface area is 252 Å². The number of fused-ring (bicyclic) bond motifs is 4. The minimum atomic E-state index is -0.881. The quantitative estimate of drug-likeness (QED) is 0.348. The van der Waals surface area contributed by atoms with Crippen molar-refractivity contribution in [2.24, 2.45) is 0 Å². The Bertz CT molecular complexity index is 1810. The molecule has 0 unspecified atom stereocenters. The molecule has 44 heavy (non-hydrogen) atoms. The van der Waals surface area contributed by atoms with Gasteiger partial charge in [0, 0.05) is 49.9 Å². The summed E-state index contributed by atoms with van der Waals surface area (Å²) < 4.78 is 37.8. The molecule has 2 saturated heterocycles. The van der Waals surface area contributed by atoms with Crippen LogP contribution in [0.1, 0.15) is 53.6 Å². The predicted molar refractivity (Wildman–Crippen MR) is 159 cm³/mol. The molecule has 2 fully saturated rings. The number of anilines is 2. The Balaban J connectivity index is 1.20. The topological polar surface area (TPSA) is 99.9 Å². The van der Waals surface area contributed by atoms with Gasteiger partial charge in [0.1, 0.15) is 41.6 Å². The highest BCUT2D eigenvalue weighted by Crippen LogP contribution is 2.43. The number of hydrogen-bond donors (Lipinski definition) is 1. The van der Waals surface area contributed by atoms with Gasteiger partial charge in [-0.2, -0.15) is 9.97 Å². The van der Waals surface area contributed by atoms with Crippen LogP contribution in [0.5, 0.6) is 11.8 Å². The lowest BCUT2D eigenvalue weighted by Crippen LogP contribution is -2.43. The molecule has 8 rings (SSSR count). The second kappa shape index (κ2) is 10.1. The van der Waals surface area contributed by atoms with E-state index >= 15 is 0 Å². The summed E-state index contributed by atoms with van der Waals surface area (Å²) in [5.74, 6) is 0.597. The number of aromatic nitrogens is 4. The lowest BCUT2D eigenvalue weighted by molar-refractivity contribution is 0.0996. The molecule has 228 valence electrons. The van der Waals surface area contributed by atoms with E-state index in [2.05, 4.69) is 14.5 Å². The molecular formula is C32H33F2N7O3. The van der Waals surface area contributed by atoms with Crippen molar-refractivity contribution in [2.75, 3.05) is 36.0 Å². The Morgan fingerprint density at radius 3 is 2.91 bits per heavy atom. The highest BCUT2D eigenvalue weighted by molar-refractivity contribution is 6.16. The first-order chi connectivity index (χ1) is 21.3. The molecule has 0 bridgehead atoms. The van der Waals surface area contributed by atoms with Crippen LogP contribution in [0.25, 0.3) is 10.8 Å². The zero-order valence-electron chi connectivity index (χ0n) is 24.5. The number of amides is 1. The number of aromatic hydroxyl groups is 1. The summed E-state index contributed by atoms with van der Waals surface area (Å²) in [6.45, 7) is 5.22. The van der Waals surface area contributed by atoms with E-state index in [9.17, 15) is 18.7 Å². The lowest BCUT2D eigenvalue weighted by atomic mass is 9.95. The van der Waals surface area contributed by atoms with Gasteiger partial charge >= 0.3 is 6.01 Å². The van der Waals surface area contributed by atoms with Gasteiger partial charge < -0.3 is 24.2 Å². The molecule has 4 aliphatic rings. The minimum Gasteiger partial charge on any atom is -0.508 e. The van der Waals surface area contributed by atoms with Gasteiger partial charge in [0.2, 0.25) is 0 Å². The van der Waals surface area contributed by atoms with Crippen LogP contribution in [0.2, 0.25) is 0 Å². The molecule has 12 heteroatoms. The Morgan fingerprint density at radius 1 is 1.16 bits per heavy atom. The predicted octanol–water partition coefficient (Wildman–Crippen LogP) is 4.37. The van der Waals surface area contributed by atoms with Crippen molar-refractivity contribution in [1.82, 2.24) is 24.4 Å². The van der Waals surface area contributed by atoms with Crippen LogP contribution < -0.4 is 14.5 Å². The van der Waals surface area contributed by atoms with Gasteiger partial charge in [-0.05, 0) is 48.9 Å². The van der Waals surface area contributed by atoms with Crippen LogP contribution in [0, 0.1) is 5.82 Å². The molecule has 10 nitrogen and oxygen atoms in total.